The van der Waals surface area contributed by atoms with Crippen LogP contribution in [0, 0.1) is 0 Å². The van der Waals surface area contributed by atoms with Gasteiger partial charge in [-0.2, -0.15) is 0 Å². The minimum absolute atomic E-state index is 0.0828. The Morgan fingerprint density at radius 2 is 2.07 bits per heavy atom. The Bertz CT molecular complexity index is 316. The second kappa shape index (κ2) is 7.01. The summed E-state index contributed by atoms with van der Waals surface area (Å²) in [6.07, 6.45) is 2.63. The average molecular weight is 207 g/mol. The number of aryl methyl sites for hydroxylation is 1. The lowest BCUT2D eigenvalue weighted by molar-refractivity contribution is -0.117. The molecule has 1 rings (SSSR count). The Hall–Kier alpha value is -1.35. The van der Waals surface area contributed by atoms with E-state index in [1.165, 1.54) is 5.56 Å². The van der Waals surface area contributed by atoms with Crippen LogP contribution >= 0.6 is 0 Å². The molecule has 0 fully saturated rings. The quantitative estimate of drug-likeness (QED) is 0.703. The van der Waals surface area contributed by atoms with Crippen LogP contribution in [0.15, 0.2) is 30.3 Å². The Kier molecular flexibility index (Phi) is 4.76. The van der Waals surface area contributed by atoms with E-state index in [9.17, 15) is 4.79 Å². The lowest BCUT2D eigenvalue weighted by atomic mass is 10.1. The van der Waals surface area contributed by atoms with Crippen molar-refractivity contribution in [2.75, 3.05) is 13.1 Å². The number of hydrogen-bond donors (Lipinski definition) is 2. The van der Waals surface area contributed by atoms with Crippen LogP contribution in [-0.2, 0) is 11.2 Å². The number of rotatable bonds is 7. The number of hydrogen-bond acceptors (Lipinski definition) is 2. The van der Waals surface area contributed by atoms with Crippen LogP contribution in [0.2, 0.25) is 0 Å². The molecule has 1 amide bonds. The van der Waals surface area contributed by atoms with Crippen LogP contribution in [0.25, 0.3) is 0 Å². The number of nitrogens with two attached hydrogens (primary N) is 1. The summed E-state index contributed by atoms with van der Waals surface area (Å²) in [4.78, 5) is 10.5. The molecule has 1 aromatic rings. The number of amides is 1. The molecule has 1 atom stereocenters. The van der Waals surface area contributed by atoms with Crippen LogP contribution in [-0.4, -0.2) is 19.0 Å². The molecule has 0 saturated carbocycles. The first kappa shape index (κ1) is 10.2. The fraction of sp³-hybridized carbons (Fsp3) is 0.417. The maximum atomic E-state index is 10.5. The minimum atomic E-state index is -0.416. The highest BCUT2D eigenvalue weighted by Crippen LogP contribution is 2.03. The minimum Gasteiger partial charge on any atom is -0.369 e. The molecule has 0 aromatic heterocycles. The van der Waals surface area contributed by atoms with Crippen molar-refractivity contribution in [3.63, 3.8) is 0 Å². The number of nitrogens with one attached hydrogen (secondary N) is 1. The van der Waals surface area contributed by atoms with E-state index in [1.54, 1.807) is 0 Å². The second-order valence-electron chi connectivity index (χ2n) is 3.43. The average Bonchev–Trinajstić information content (AvgIpc) is 2.28. The van der Waals surface area contributed by atoms with Gasteiger partial charge in [0.05, 0.1) is 6.54 Å². The molecular formula is C12H18N2O. The van der Waals surface area contributed by atoms with Gasteiger partial charge in [-0.25, -0.2) is 0 Å². The summed E-state index contributed by atoms with van der Waals surface area (Å²) in [5.74, 6) is -0.416. The Morgan fingerprint density at radius 1 is 1.33 bits per heavy atom. The van der Waals surface area contributed by atoms with Gasteiger partial charge in [0.1, 0.15) is 0 Å². The van der Waals surface area contributed by atoms with Gasteiger partial charge in [-0.1, -0.05) is 30.3 Å². The SMILES string of the molecule is [2H][C@H](CCCc1ccccc1)NCC(N)=O. The van der Waals surface area contributed by atoms with Crippen molar-refractivity contribution in [3.05, 3.63) is 35.9 Å². The molecule has 0 heterocycles. The van der Waals surface area contributed by atoms with E-state index in [2.05, 4.69) is 17.4 Å². The Balaban J connectivity index is 2.13. The molecule has 3 heteroatoms. The van der Waals surface area contributed by atoms with Gasteiger partial charge < -0.3 is 11.1 Å². The van der Waals surface area contributed by atoms with Gasteiger partial charge >= 0.3 is 0 Å². The Morgan fingerprint density at radius 3 is 2.73 bits per heavy atom. The second-order valence-corrected chi connectivity index (χ2v) is 3.43. The third-order valence-electron chi connectivity index (χ3n) is 2.08. The molecule has 1 aromatic carbocycles. The van der Waals surface area contributed by atoms with Crippen molar-refractivity contribution in [1.82, 2.24) is 5.32 Å². The molecule has 0 spiro atoms. The summed E-state index contributed by atoms with van der Waals surface area (Å²) >= 11 is 0. The predicted molar refractivity (Wildman–Crippen MR) is 61.4 cm³/mol. The number of carbonyl (C=O) groups is 1. The van der Waals surface area contributed by atoms with Crippen LogP contribution < -0.4 is 11.1 Å². The van der Waals surface area contributed by atoms with Crippen LogP contribution in [0.3, 0.4) is 0 Å². The lowest BCUT2D eigenvalue weighted by Gasteiger charge is -2.02. The summed E-state index contributed by atoms with van der Waals surface area (Å²) in [5.41, 5.74) is 6.26. The lowest BCUT2D eigenvalue weighted by Crippen LogP contribution is -2.29. The van der Waals surface area contributed by atoms with E-state index in [-0.39, 0.29) is 6.54 Å². The molecule has 0 radical (unpaired) electrons. The molecule has 0 saturated heterocycles. The molecular weight excluding hydrogens is 188 g/mol. The third kappa shape index (κ3) is 5.86. The highest BCUT2D eigenvalue weighted by Gasteiger charge is 1.94. The van der Waals surface area contributed by atoms with Gasteiger partial charge in [0.2, 0.25) is 5.91 Å². The van der Waals surface area contributed by atoms with Crippen LogP contribution in [0.4, 0.5) is 0 Å². The van der Waals surface area contributed by atoms with Crippen molar-refractivity contribution in [2.45, 2.75) is 19.3 Å². The topological polar surface area (TPSA) is 55.1 Å². The van der Waals surface area contributed by atoms with Crippen molar-refractivity contribution in [1.29, 1.82) is 0 Å². The summed E-state index contributed by atoms with van der Waals surface area (Å²) in [6, 6.07) is 10.2. The number of primary amides is 1. The normalized spacial score (nSPS) is 13.2. The highest BCUT2D eigenvalue weighted by atomic mass is 16.1. The van der Waals surface area contributed by atoms with E-state index in [0.717, 1.165) is 19.3 Å². The van der Waals surface area contributed by atoms with Crippen LogP contribution in [0.1, 0.15) is 19.8 Å². The smallest absolute Gasteiger partial charge is 0.231 e. The molecule has 15 heavy (non-hydrogen) atoms. The largest absolute Gasteiger partial charge is 0.369 e. The molecule has 3 nitrogen and oxygen atoms in total. The van der Waals surface area contributed by atoms with E-state index >= 15 is 0 Å². The van der Waals surface area contributed by atoms with Crippen molar-refractivity contribution in [3.8, 4) is 0 Å². The predicted octanol–water partition coefficient (Wildman–Crippen LogP) is 1.08. The Labute approximate surface area is 92.1 Å². The number of carbonyl (C=O) groups excluding carboxylic acids is 1. The van der Waals surface area contributed by atoms with Gasteiger partial charge in [-0.05, 0) is 31.3 Å². The fourth-order valence-electron chi connectivity index (χ4n) is 1.33. The van der Waals surface area contributed by atoms with Crippen molar-refractivity contribution >= 4 is 5.91 Å². The molecule has 0 unspecified atom stereocenters. The standard InChI is InChI=1S/C12H18N2O/c13-12(15)10-14-9-5-4-8-11-6-2-1-3-7-11/h1-3,6-7,14H,4-5,8-10H2,(H2,13,15)/i9D/t9-/m1/s1. The zero-order valence-electron chi connectivity index (χ0n) is 9.78. The van der Waals surface area contributed by atoms with Crippen LogP contribution in [0.5, 0.6) is 0 Å². The molecule has 82 valence electrons. The van der Waals surface area contributed by atoms with E-state index in [1.807, 2.05) is 18.2 Å². The molecule has 0 bridgehead atoms. The summed E-state index contributed by atoms with van der Waals surface area (Å²) in [7, 11) is 0. The summed E-state index contributed by atoms with van der Waals surface area (Å²) in [5, 5.41) is 2.76. The first-order chi connectivity index (χ1) is 7.68. The van der Waals surface area contributed by atoms with E-state index < -0.39 is 12.4 Å². The number of benzene rings is 1. The monoisotopic (exact) mass is 207 g/mol. The first-order valence-corrected chi connectivity index (χ1v) is 5.16. The molecule has 0 aliphatic rings. The maximum absolute atomic E-state index is 10.5. The fourth-order valence-corrected chi connectivity index (χ4v) is 1.33. The van der Waals surface area contributed by atoms with Gasteiger partial charge in [-0.15, -0.1) is 0 Å². The van der Waals surface area contributed by atoms with Gasteiger partial charge in [0.25, 0.3) is 0 Å². The molecule has 0 aliphatic heterocycles. The zero-order valence-corrected chi connectivity index (χ0v) is 8.78. The van der Waals surface area contributed by atoms with E-state index in [4.69, 9.17) is 7.10 Å². The maximum Gasteiger partial charge on any atom is 0.231 e. The summed E-state index contributed by atoms with van der Waals surface area (Å²) in [6.45, 7) is -0.323. The molecule has 3 N–H and O–H groups in total. The first-order valence-electron chi connectivity index (χ1n) is 5.74. The van der Waals surface area contributed by atoms with Gasteiger partial charge in [0.15, 0.2) is 0 Å². The highest BCUT2D eigenvalue weighted by molar-refractivity contribution is 5.75. The zero-order chi connectivity index (χ0) is 11.8. The molecule has 0 aliphatic carbocycles. The van der Waals surface area contributed by atoms with E-state index in [0.29, 0.717) is 0 Å². The van der Waals surface area contributed by atoms with Gasteiger partial charge in [0, 0.05) is 1.37 Å². The van der Waals surface area contributed by atoms with Crippen molar-refractivity contribution < 1.29 is 6.17 Å². The summed E-state index contributed by atoms with van der Waals surface area (Å²) < 4.78 is 7.61. The third-order valence-corrected chi connectivity index (χ3v) is 2.08. The van der Waals surface area contributed by atoms with Gasteiger partial charge in [-0.3, -0.25) is 4.79 Å². The van der Waals surface area contributed by atoms with Crippen molar-refractivity contribution in [2.24, 2.45) is 5.73 Å².